The highest BCUT2D eigenvalue weighted by Crippen LogP contribution is 2.25. The van der Waals surface area contributed by atoms with Crippen molar-refractivity contribution in [3.8, 4) is 0 Å². The number of hydrogen-bond acceptors (Lipinski definition) is 2. The van der Waals surface area contributed by atoms with Crippen molar-refractivity contribution in [2.75, 3.05) is 0 Å². The normalized spacial score (nSPS) is 21.8. The molecule has 0 aliphatic heterocycles. The Morgan fingerprint density at radius 1 is 1.57 bits per heavy atom. The molecule has 0 amide bonds. The molecule has 1 aliphatic carbocycles. The van der Waals surface area contributed by atoms with E-state index in [1.54, 1.807) is 11.3 Å². The zero-order valence-electron chi connectivity index (χ0n) is 8.32. The fourth-order valence-corrected chi connectivity index (χ4v) is 2.39. The number of carbonyl (C=O) groups excluding carboxylic acids is 1. The van der Waals surface area contributed by atoms with Crippen molar-refractivity contribution >= 4 is 17.1 Å². The smallest absolute Gasteiger partial charge is 0.189 e. The van der Waals surface area contributed by atoms with E-state index in [1.165, 1.54) is 0 Å². The molecule has 0 spiro atoms. The van der Waals surface area contributed by atoms with Crippen LogP contribution in [0.15, 0.2) is 28.5 Å². The van der Waals surface area contributed by atoms with Crippen LogP contribution in [0, 0.1) is 5.92 Å². The minimum atomic E-state index is 0.234. The summed E-state index contributed by atoms with van der Waals surface area (Å²) in [5.74, 6) is 0.979. The quantitative estimate of drug-likeness (QED) is 0.675. The van der Waals surface area contributed by atoms with Crippen LogP contribution in [0.2, 0.25) is 0 Å². The SMILES string of the molecule is CC1CC=C(C(=O)c2ccsc2)CC1. The van der Waals surface area contributed by atoms with Gasteiger partial charge in [0, 0.05) is 10.9 Å². The molecule has 1 unspecified atom stereocenters. The third kappa shape index (κ3) is 1.95. The van der Waals surface area contributed by atoms with Crippen molar-refractivity contribution < 1.29 is 4.79 Å². The van der Waals surface area contributed by atoms with Crippen LogP contribution in [-0.4, -0.2) is 5.78 Å². The summed E-state index contributed by atoms with van der Waals surface area (Å²) >= 11 is 1.58. The van der Waals surface area contributed by atoms with Gasteiger partial charge in [-0.1, -0.05) is 13.0 Å². The first kappa shape index (κ1) is 9.66. The lowest BCUT2D eigenvalue weighted by Gasteiger charge is -2.16. The summed E-state index contributed by atoms with van der Waals surface area (Å²) in [6.07, 6.45) is 5.29. The van der Waals surface area contributed by atoms with E-state index in [-0.39, 0.29) is 5.78 Å². The summed E-state index contributed by atoms with van der Waals surface area (Å²) in [7, 11) is 0. The fourth-order valence-electron chi connectivity index (χ4n) is 1.75. The molecule has 1 aromatic heterocycles. The molecular formula is C12H14OS. The minimum absolute atomic E-state index is 0.234. The third-order valence-electron chi connectivity index (χ3n) is 2.75. The Balaban J connectivity index is 2.13. The maximum atomic E-state index is 11.9. The largest absolute Gasteiger partial charge is 0.289 e. The van der Waals surface area contributed by atoms with Crippen LogP contribution in [0.4, 0.5) is 0 Å². The molecule has 0 bridgehead atoms. The molecule has 0 fully saturated rings. The molecule has 1 aliphatic rings. The van der Waals surface area contributed by atoms with Crippen molar-refractivity contribution in [3.05, 3.63) is 34.0 Å². The second-order valence-electron chi connectivity index (χ2n) is 3.95. The number of allylic oxidation sites excluding steroid dienone is 2. The van der Waals surface area contributed by atoms with Gasteiger partial charge in [0.1, 0.15) is 0 Å². The Morgan fingerprint density at radius 3 is 3.00 bits per heavy atom. The van der Waals surface area contributed by atoms with E-state index in [4.69, 9.17) is 0 Å². The average molecular weight is 206 g/mol. The highest BCUT2D eigenvalue weighted by Gasteiger charge is 2.17. The lowest BCUT2D eigenvalue weighted by atomic mass is 9.88. The van der Waals surface area contributed by atoms with Crippen LogP contribution in [0.5, 0.6) is 0 Å². The van der Waals surface area contributed by atoms with Gasteiger partial charge in [-0.05, 0) is 42.2 Å². The van der Waals surface area contributed by atoms with Gasteiger partial charge in [0.15, 0.2) is 5.78 Å². The number of rotatable bonds is 2. The molecule has 0 N–H and O–H groups in total. The summed E-state index contributed by atoms with van der Waals surface area (Å²) in [5, 5.41) is 3.89. The van der Waals surface area contributed by atoms with E-state index < -0.39 is 0 Å². The predicted octanol–water partition coefficient (Wildman–Crippen LogP) is 3.68. The standard InChI is InChI=1S/C12H14OS/c1-9-2-4-10(5-3-9)12(13)11-6-7-14-8-11/h4,6-9H,2-3,5H2,1H3. The molecule has 1 heterocycles. The lowest BCUT2D eigenvalue weighted by molar-refractivity contribution is 0.102. The van der Waals surface area contributed by atoms with Gasteiger partial charge >= 0.3 is 0 Å². The van der Waals surface area contributed by atoms with Gasteiger partial charge in [-0.25, -0.2) is 0 Å². The summed E-state index contributed by atoms with van der Waals surface area (Å²) < 4.78 is 0. The van der Waals surface area contributed by atoms with Gasteiger partial charge in [0.2, 0.25) is 0 Å². The minimum Gasteiger partial charge on any atom is -0.289 e. The van der Waals surface area contributed by atoms with E-state index >= 15 is 0 Å². The Kier molecular flexibility index (Phi) is 2.82. The first-order valence-corrected chi connectivity index (χ1v) is 5.97. The zero-order valence-corrected chi connectivity index (χ0v) is 9.14. The molecular weight excluding hydrogens is 192 g/mol. The number of carbonyl (C=O) groups is 1. The predicted molar refractivity (Wildman–Crippen MR) is 59.7 cm³/mol. The Bertz CT molecular complexity index is 348. The average Bonchev–Trinajstić information content (AvgIpc) is 2.71. The fraction of sp³-hybridized carbons (Fsp3) is 0.417. The first-order valence-electron chi connectivity index (χ1n) is 5.03. The Morgan fingerprint density at radius 2 is 2.43 bits per heavy atom. The molecule has 74 valence electrons. The van der Waals surface area contributed by atoms with Crippen LogP contribution in [0.1, 0.15) is 36.5 Å². The van der Waals surface area contributed by atoms with Gasteiger partial charge in [0.25, 0.3) is 0 Å². The highest BCUT2D eigenvalue weighted by atomic mass is 32.1. The van der Waals surface area contributed by atoms with E-state index in [0.29, 0.717) is 0 Å². The van der Waals surface area contributed by atoms with E-state index in [2.05, 4.69) is 13.0 Å². The number of thiophene rings is 1. The van der Waals surface area contributed by atoms with Crippen molar-refractivity contribution in [1.82, 2.24) is 0 Å². The molecule has 14 heavy (non-hydrogen) atoms. The van der Waals surface area contributed by atoms with Gasteiger partial charge in [0.05, 0.1) is 0 Å². The number of hydrogen-bond donors (Lipinski definition) is 0. The molecule has 0 aromatic carbocycles. The third-order valence-corrected chi connectivity index (χ3v) is 3.43. The maximum absolute atomic E-state index is 11.9. The van der Waals surface area contributed by atoms with E-state index in [9.17, 15) is 4.79 Å². The topological polar surface area (TPSA) is 17.1 Å². The van der Waals surface area contributed by atoms with Gasteiger partial charge < -0.3 is 0 Å². The highest BCUT2D eigenvalue weighted by molar-refractivity contribution is 7.08. The van der Waals surface area contributed by atoms with Gasteiger partial charge in [-0.3, -0.25) is 4.79 Å². The summed E-state index contributed by atoms with van der Waals surface area (Å²) in [6, 6.07) is 1.91. The van der Waals surface area contributed by atoms with Crippen molar-refractivity contribution in [1.29, 1.82) is 0 Å². The number of ketones is 1. The van der Waals surface area contributed by atoms with Crippen molar-refractivity contribution in [2.45, 2.75) is 26.2 Å². The number of Topliss-reactive ketones (excluding diaryl/α,β-unsaturated/α-hetero) is 1. The molecule has 2 rings (SSSR count). The maximum Gasteiger partial charge on any atom is 0.189 e. The molecule has 1 atom stereocenters. The summed E-state index contributed by atoms with van der Waals surface area (Å²) in [4.78, 5) is 11.9. The van der Waals surface area contributed by atoms with Gasteiger partial charge in [-0.15, -0.1) is 0 Å². The molecule has 0 radical (unpaired) electrons. The van der Waals surface area contributed by atoms with E-state index in [0.717, 1.165) is 36.3 Å². The molecule has 2 heteroatoms. The van der Waals surface area contributed by atoms with Crippen LogP contribution >= 0.6 is 11.3 Å². The van der Waals surface area contributed by atoms with E-state index in [1.807, 2.05) is 16.8 Å². The van der Waals surface area contributed by atoms with Crippen molar-refractivity contribution in [2.24, 2.45) is 5.92 Å². The molecule has 1 nitrogen and oxygen atoms in total. The monoisotopic (exact) mass is 206 g/mol. The summed E-state index contributed by atoms with van der Waals surface area (Å²) in [6.45, 7) is 2.24. The second-order valence-corrected chi connectivity index (χ2v) is 4.73. The van der Waals surface area contributed by atoms with Crippen LogP contribution in [0.25, 0.3) is 0 Å². The molecule has 0 saturated heterocycles. The van der Waals surface area contributed by atoms with Crippen LogP contribution < -0.4 is 0 Å². The van der Waals surface area contributed by atoms with Crippen molar-refractivity contribution in [3.63, 3.8) is 0 Å². The first-order chi connectivity index (χ1) is 6.77. The lowest BCUT2D eigenvalue weighted by Crippen LogP contribution is -2.09. The Hall–Kier alpha value is -0.890. The molecule has 0 saturated carbocycles. The van der Waals surface area contributed by atoms with Crippen LogP contribution in [-0.2, 0) is 0 Å². The Labute approximate surface area is 88.5 Å². The molecule has 1 aromatic rings. The van der Waals surface area contributed by atoms with Gasteiger partial charge in [-0.2, -0.15) is 11.3 Å². The zero-order chi connectivity index (χ0) is 9.97. The second kappa shape index (κ2) is 4.09. The van der Waals surface area contributed by atoms with Crippen LogP contribution in [0.3, 0.4) is 0 Å². The summed E-state index contributed by atoms with van der Waals surface area (Å²) in [5.41, 5.74) is 1.87.